The molecule has 0 spiro atoms. The number of carbonyl (C=O) groups excluding carboxylic acids is 1. The van der Waals surface area contributed by atoms with Crippen LogP contribution in [0.15, 0.2) is 36.1 Å². The molecule has 5 nitrogen and oxygen atoms in total. The predicted octanol–water partition coefficient (Wildman–Crippen LogP) is 1.00. The Kier molecular flexibility index (Phi) is 6.16. The Labute approximate surface area is 120 Å². The minimum Gasteiger partial charge on any atom is -0.384 e. The number of nitrogens with one attached hydrogen (secondary N) is 3. The highest BCUT2D eigenvalue weighted by Gasteiger charge is 2.39. The van der Waals surface area contributed by atoms with E-state index in [4.69, 9.17) is 11.1 Å². The number of rotatable bonds is 6. The first kappa shape index (κ1) is 17.0. The first-order chi connectivity index (χ1) is 9.86. The molecule has 0 aromatic rings. The van der Waals surface area contributed by atoms with Gasteiger partial charge in [-0.05, 0) is 6.42 Å². The highest BCUT2D eigenvalue weighted by Crippen LogP contribution is 2.21. The molecule has 1 amide bonds. The molecule has 0 aromatic carbocycles. The first-order valence-corrected chi connectivity index (χ1v) is 6.30. The van der Waals surface area contributed by atoms with Gasteiger partial charge in [0.2, 0.25) is 0 Å². The van der Waals surface area contributed by atoms with Gasteiger partial charge in [-0.1, -0.05) is 24.3 Å². The molecular weight excluding hydrogens is 285 g/mol. The topological polar surface area (TPSA) is 91.0 Å². The maximum atomic E-state index is 12.6. The van der Waals surface area contributed by atoms with Crippen LogP contribution in [0, 0.1) is 5.41 Å². The molecule has 0 saturated carbocycles. The fourth-order valence-electron chi connectivity index (χ4n) is 1.58. The number of nitrogens with two attached hydrogens (primary N) is 1. The summed E-state index contributed by atoms with van der Waals surface area (Å²) in [6.07, 6.45) is 3.78. The third kappa shape index (κ3) is 5.42. The van der Waals surface area contributed by atoms with Crippen molar-refractivity contribution in [2.75, 3.05) is 13.1 Å². The lowest BCUT2D eigenvalue weighted by atomic mass is 10.1. The molecule has 0 fully saturated rings. The Morgan fingerprint density at radius 2 is 2.14 bits per heavy atom. The van der Waals surface area contributed by atoms with Gasteiger partial charge in [-0.15, -0.1) is 0 Å². The van der Waals surface area contributed by atoms with E-state index in [1.165, 1.54) is 0 Å². The smallest absolute Gasteiger partial charge is 0.384 e. The second-order valence-electron chi connectivity index (χ2n) is 4.30. The van der Waals surface area contributed by atoms with Crippen molar-refractivity contribution in [2.45, 2.75) is 18.6 Å². The summed E-state index contributed by atoms with van der Waals surface area (Å²) in [7, 11) is 0. The molecule has 8 heteroatoms. The number of hydrogen-bond donors (Lipinski definition) is 4. The van der Waals surface area contributed by atoms with Crippen molar-refractivity contribution in [2.24, 2.45) is 5.73 Å². The lowest BCUT2D eigenvalue weighted by Crippen LogP contribution is -2.38. The molecule has 21 heavy (non-hydrogen) atoms. The lowest BCUT2D eigenvalue weighted by Gasteiger charge is -2.16. The van der Waals surface area contributed by atoms with Crippen LogP contribution in [0.4, 0.5) is 13.2 Å². The van der Waals surface area contributed by atoms with Crippen LogP contribution in [0.1, 0.15) is 6.42 Å². The summed E-state index contributed by atoms with van der Waals surface area (Å²) in [5, 5.41) is 12.1. The molecule has 0 aromatic heterocycles. The highest BCUT2D eigenvalue weighted by molar-refractivity contribution is 6.22. The van der Waals surface area contributed by atoms with Crippen LogP contribution < -0.4 is 16.4 Å². The van der Waals surface area contributed by atoms with E-state index in [2.05, 4.69) is 10.6 Å². The lowest BCUT2D eigenvalue weighted by molar-refractivity contribution is -0.117. The van der Waals surface area contributed by atoms with Crippen LogP contribution in [0.3, 0.4) is 0 Å². The van der Waals surface area contributed by atoms with E-state index >= 15 is 0 Å². The molecule has 1 atom stereocenters. The fourth-order valence-corrected chi connectivity index (χ4v) is 1.58. The first-order valence-electron chi connectivity index (χ1n) is 6.30. The number of alkyl halides is 3. The maximum absolute atomic E-state index is 12.6. The average molecular weight is 302 g/mol. The molecule has 0 radical (unpaired) electrons. The van der Waals surface area contributed by atoms with Crippen molar-refractivity contribution < 1.29 is 18.0 Å². The molecule has 0 bridgehead atoms. The number of halogens is 3. The molecule has 0 heterocycles. The summed E-state index contributed by atoms with van der Waals surface area (Å²) in [4.78, 5) is 11.7. The largest absolute Gasteiger partial charge is 0.433 e. The minimum atomic E-state index is -4.89. The van der Waals surface area contributed by atoms with Crippen LogP contribution in [-0.2, 0) is 4.79 Å². The normalized spacial score (nSPS) is 18.5. The van der Waals surface area contributed by atoms with Crippen LogP contribution in [0.2, 0.25) is 0 Å². The Bertz CT molecular complexity index is 480. The number of amides is 1. The van der Waals surface area contributed by atoms with Gasteiger partial charge in [0, 0.05) is 25.3 Å². The third-order valence-corrected chi connectivity index (χ3v) is 2.65. The van der Waals surface area contributed by atoms with E-state index in [1.807, 2.05) is 12.2 Å². The summed E-state index contributed by atoms with van der Waals surface area (Å²) >= 11 is 0. The van der Waals surface area contributed by atoms with Gasteiger partial charge in [-0.3, -0.25) is 10.2 Å². The second-order valence-corrected chi connectivity index (χ2v) is 4.30. The van der Waals surface area contributed by atoms with Gasteiger partial charge in [0.15, 0.2) is 0 Å². The number of hydrogen-bond acceptors (Lipinski definition) is 4. The zero-order chi connectivity index (χ0) is 15.9. The van der Waals surface area contributed by atoms with Crippen LogP contribution in [0.25, 0.3) is 0 Å². The highest BCUT2D eigenvalue weighted by atomic mass is 19.4. The van der Waals surface area contributed by atoms with Crippen molar-refractivity contribution in [3.05, 3.63) is 36.1 Å². The van der Waals surface area contributed by atoms with Gasteiger partial charge in [0.25, 0.3) is 5.91 Å². The van der Waals surface area contributed by atoms with Crippen LogP contribution in [-0.4, -0.2) is 36.9 Å². The van der Waals surface area contributed by atoms with Gasteiger partial charge >= 0.3 is 6.18 Å². The van der Waals surface area contributed by atoms with Crippen LogP contribution >= 0.6 is 0 Å². The Balaban J connectivity index is 2.84. The van der Waals surface area contributed by atoms with Gasteiger partial charge < -0.3 is 16.4 Å². The van der Waals surface area contributed by atoms with Crippen molar-refractivity contribution in [3.8, 4) is 0 Å². The van der Waals surface area contributed by atoms with Gasteiger partial charge in [0.1, 0.15) is 5.71 Å². The monoisotopic (exact) mass is 302 g/mol. The van der Waals surface area contributed by atoms with Gasteiger partial charge in [0.05, 0.1) is 5.57 Å². The van der Waals surface area contributed by atoms with E-state index in [0.29, 0.717) is 6.42 Å². The van der Waals surface area contributed by atoms with E-state index in [9.17, 15) is 18.0 Å². The molecule has 1 aliphatic carbocycles. The SMILES string of the molecule is N=C(/C(=C\NC1C=CC=CC1)C(=O)NCCN)C(F)(F)F. The van der Waals surface area contributed by atoms with E-state index in [1.54, 1.807) is 12.2 Å². The summed E-state index contributed by atoms with van der Waals surface area (Å²) in [6.45, 7) is 0.134. The fraction of sp³-hybridized carbons (Fsp3) is 0.385. The van der Waals surface area contributed by atoms with Crippen molar-refractivity contribution in [3.63, 3.8) is 0 Å². The molecule has 1 aliphatic rings. The molecule has 0 saturated heterocycles. The molecule has 5 N–H and O–H groups in total. The zero-order valence-corrected chi connectivity index (χ0v) is 11.2. The Morgan fingerprint density at radius 3 is 2.67 bits per heavy atom. The summed E-state index contributed by atoms with van der Waals surface area (Å²) in [5.74, 6) is -0.981. The van der Waals surface area contributed by atoms with Gasteiger partial charge in [-0.25, -0.2) is 0 Å². The number of carbonyl (C=O) groups is 1. The summed E-state index contributed by atoms with van der Waals surface area (Å²) in [5.41, 5.74) is 2.73. The Hall–Kier alpha value is -2.09. The summed E-state index contributed by atoms with van der Waals surface area (Å²) < 4.78 is 37.9. The molecular formula is C13H17F3N4O. The van der Waals surface area contributed by atoms with Gasteiger partial charge in [-0.2, -0.15) is 13.2 Å². The molecule has 1 unspecified atom stereocenters. The predicted molar refractivity (Wildman–Crippen MR) is 73.7 cm³/mol. The molecule has 116 valence electrons. The second kappa shape index (κ2) is 7.63. The maximum Gasteiger partial charge on any atom is 0.433 e. The van der Waals surface area contributed by atoms with E-state index in [-0.39, 0.29) is 19.1 Å². The standard InChI is InChI=1S/C13H17F3N4O/c14-13(15,16)11(18)10(12(21)19-7-6-17)8-20-9-4-2-1-3-5-9/h1-4,8-9,18,20H,5-7,17H2,(H,19,21)/b10-8+,18-11?. The molecule has 1 rings (SSSR count). The summed E-state index contributed by atoms with van der Waals surface area (Å²) in [6, 6.07) is -0.214. The van der Waals surface area contributed by atoms with E-state index in [0.717, 1.165) is 6.20 Å². The van der Waals surface area contributed by atoms with Crippen LogP contribution in [0.5, 0.6) is 0 Å². The minimum absolute atomic E-state index is 0.0351. The van der Waals surface area contributed by atoms with Crippen molar-refractivity contribution in [1.82, 2.24) is 10.6 Å². The van der Waals surface area contributed by atoms with Crippen molar-refractivity contribution in [1.29, 1.82) is 5.41 Å². The third-order valence-electron chi connectivity index (χ3n) is 2.65. The van der Waals surface area contributed by atoms with Crippen molar-refractivity contribution >= 4 is 11.6 Å². The average Bonchev–Trinajstić information content (AvgIpc) is 2.45. The number of allylic oxidation sites excluding steroid dienone is 2. The molecule has 0 aliphatic heterocycles. The quantitative estimate of drug-likeness (QED) is 0.436. The Morgan fingerprint density at radius 1 is 1.43 bits per heavy atom. The van der Waals surface area contributed by atoms with E-state index < -0.39 is 23.4 Å². The zero-order valence-electron chi connectivity index (χ0n) is 11.2.